The van der Waals surface area contributed by atoms with Gasteiger partial charge in [-0.05, 0) is 11.6 Å². The first-order chi connectivity index (χ1) is 7.10. The highest BCUT2D eigenvalue weighted by Gasteiger charge is 2.13. The zero-order valence-electron chi connectivity index (χ0n) is 7.88. The monoisotopic (exact) mass is 243 g/mol. The first kappa shape index (κ1) is 11.8. The number of halogens is 2. The first-order valence-corrected chi connectivity index (χ1v) is 4.79. The molecule has 0 bridgehead atoms. The van der Waals surface area contributed by atoms with Crippen LogP contribution in [0.3, 0.4) is 0 Å². The van der Waals surface area contributed by atoms with Gasteiger partial charge in [0.15, 0.2) is 0 Å². The van der Waals surface area contributed by atoms with E-state index < -0.39 is 5.97 Å². The zero-order valence-corrected chi connectivity index (χ0v) is 9.39. The summed E-state index contributed by atoms with van der Waals surface area (Å²) in [6.07, 6.45) is 0.0290. The van der Waals surface area contributed by atoms with Crippen molar-refractivity contribution in [1.29, 1.82) is 5.26 Å². The van der Waals surface area contributed by atoms with Crippen LogP contribution >= 0.6 is 23.2 Å². The summed E-state index contributed by atoms with van der Waals surface area (Å²) in [5, 5.41) is 9.26. The number of carbonyl (C=O) groups excluding carboxylic acids is 1. The molecule has 1 rings (SSSR count). The molecule has 0 unspecified atom stereocenters. The summed E-state index contributed by atoms with van der Waals surface area (Å²) >= 11 is 11.6. The van der Waals surface area contributed by atoms with E-state index >= 15 is 0 Å². The fourth-order valence-electron chi connectivity index (χ4n) is 1.06. The maximum Gasteiger partial charge on any atom is 0.310 e. The number of hydrogen-bond donors (Lipinski definition) is 0. The van der Waals surface area contributed by atoms with Crippen molar-refractivity contribution >= 4 is 29.2 Å². The van der Waals surface area contributed by atoms with Crippen molar-refractivity contribution < 1.29 is 9.53 Å². The number of nitriles is 1. The second-order valence-electron chi connectivity index (χ2n) is 2.76. The van der Waals surface area contributed by atoms with Gasteiger partial charge >= 0.3 is 5.97 Å². The quantitative estimate of drug-likeness (QED) is 0.751. The van der Waals surface area contributed by atoms with E-state index in [1.807, 2.05) is 6.07 Å². The van der Waals surface area contributed by atoms with Crippen LogP contribution in [0.5, 0.6) is 0 Å². The maximum absolute atomic E-state index is 11.0. The highest BCUT2D eigenvalue weighted by atomic mass is 35.5. The Labute approximate surface area is 97.2 Å². The van der Waals surface area contributed by atoms with Crippen LogP contribution in [0.15, 0.2) is 12.1 Å². The summed E-state index contributed by atoms with van der Waals surface area (Å²) in [6, 6.07) is 5.01. The van der Waals surface area contributed by atoms with Gasteiger partial charge in [-0.2, -0.15) is 5.26 Å². The third-order valence-corrected chi connectivity index (χ3v) is 2.59. The Morgan fingerprint density at radius 2 is 2.20 bits per heavy atom. The minimum atomic E-state index is -0.414. The topological polar surface area (TPSA) is 50.1 Å². The lowest BCUT2D eigenvalue weighted by molar-refractivity contribution is -0.139. The number of esters is 1. The fourth-order valence-corrected chi connectivity index (χ4v) is 1.58. The van der Waals surface area contributed by atoms with Gasteiger partial charge in [-0.1, -0.05) is 29.3 Å². The van der Waals surface area contributed by atoms with Crippen LogP contribution in [0.25, 0.3) is 0 Å². The minimum Gasteiger partial charge on any atom is -0.469 e. The molecule has 78 valence electrons. The third-order valence-electron chi connectivity index (χ3n) is 1.85. The zero-order chi connectivity index (χ0) is 11.4. The molecular formula is C10H7Cl2NO2. The summed E-state index contributed by atoms with van der Waals surface area (Å²) < 4.78 is 4.50. The summed E-state index contributed by atoms with van der Waals surface area (Å²) in [6.45, 7) is 0. The molecule has 0 spiro atoms. The molecule has 0 aromatic heterocycles. The van der Waals surface area contributed by atoms with E-state index in [1.165, 1.54) is 13.2 Å². The van der Waals surface area contributed by atoms with Gasteiger partial charge in [0.25, 0.3) is 0 Å². The third kappa shape index (κ3) is 2.62. The lowest BCUT2D eigenvalue weighted by atomic mass is 10.1. The predicted molar refractivity (Wildman–Crippen MR) is 56.9 cm³/mol. The fraction of sp³-hybridized carbons (Fsp3) is 0.200. The van der Waals surface area contributed by atoms with Crippen LogP contribution in [0.2, 0.25) is 10.0 Å². The van der Waals surface area contributed by atoms with E-state index in [2.05, 4.69) is 4.74 Å². The first-order valence-electron chi connectivity index (χ1n) is 4.04. The maximum atomic E-state index is 11.0. The molecule has 1 aromatic rings. The predicted octanol–water partition coefficient (Wildman–Crippen LogP) is 2.58. The number of nitrogens with zero attached hydrogens (tertiary/aromatic N) is 1. The van der Waals surface area contributed by atoms with Gasteiger partial charge < -0.3 is 4.74 Å². The average molecular weight is 244 g/mol. The highest BCUT2D eigenvalue weighted by Crippen LogP contribution is 2.27. The molecule has 0 aliphatic heterocycles. The van der Waals surface area contributed by atoms with Crippen molar-refractivity contribution in [2.75, 3.05) is 7.11 Å². The molecule has 0 atom stereocenters. The molecule has 0 aliphatic carbocycles. The molecule has 0 saturated carbocycles. The molecule has 5 heteroatoms. The lowest BCUT2D eigenvalue weighted by Gasteiger charge is -2.05. The minimum absolute atomic E-state index is 0.0290. The summed E-state index contributed by atoms with van der Waals surface area (Å²) in [5.41, 5.74) is 0.712. The Morgan fingerprint density at radius 1 is 1.53 bits per heavy atom. The number of benzene rings is 1. The van der Waals surface area contributed by atoms with Crippen LogP contribution in [-0.4, -0.2) is 13.1 Å². The Kier molecular flexibility index (Phi) is 3.96. The highest BCUT2D eigenvalue weighted by molar-refractivity contribution is 6.37. The largest absolute Gasteiger partial charge is 0.469 e. The number of ether oxygens (including phenoxy) is 1. The molecule has 0 radical (unpaired) electrons. The molecule has 3 nitrogen and oxygen atoms in total. The van der Waals surface area contributed by atoms with Crippen molar-refractivity contribution in [3.8, 4) is 6.07 Å². The molecule has 0 amide bonds. The Hall–Kier alpha value is -1.24. The SMILES string of the molecule is COC(=O)Cc1ccc(Cl)c(C#N)c1Cl. The number of rotatable bonds is 2. The molecule has 1 aromatic carbocycles. The molecule has 0 N–H and O–H groups in total. The molecule has 0 heterocycles. The number of hydrogen-bond acceptors (Lipinski definition) is 3. The second-order valence-corrected chi connectivity index (χ2v) is 3.55. The van der Waals surface area contributed by atoms with Gasteiger partial charge in [-0.3, -0.25) is 4.79 Å². The van der Waals surface area contributed by atoms with E-state index in [1.54, 1.807) is 6.07 Å². The molecule has 0 fully saturated rings. The average Bonchev–Trinajstić information content (AvgIpc) is 2.23. The molecular weight excluding hydrogens is 237 g/mol. The summed E-state index contributed by atoms with van der Waals surface area (Å²) in [5.74, 6) is -0.414. The number of carbonyl (C=O) groups is 1. The van der Waals surface area contributed by atoms with Crippen LogP contribution in [0.4, 0.5) is 0 Å². The van der Waals surface area contributed by atoms with Crippen LogP contribution < -0.4 is 0 Å². The van der Waals surface area contributed by atoms with Gasteiger partial charge in [-0.15, -0.1) is 0 Å². The van der Waals surface area contributed by atoms with Crippen molar-refractivity contribution in [1.82, 2.24) is 0 Å². The Morgan fingerprint density at radius 3 is 2.73 bits per heavy atom. The Balaban J connectivity index is 3.12. The van der Waals surface area contributed by atoms with Crippen LogP contribution in [-0.2, 0) is 16.0 Å². The van der Waals surface area contributed by atoms with E-state index in [0.717, 1.165) is 0 Å². The smallest absolute Gasteiger partial charge is 0.310 e. The van der Waals surface area contributed by atoms with Gasteiger partial charge in [0.05, 0.1) is 29.1 Å². The molecule has 15 heavy (non-hydrogen) atoms. The van der Waals surface area contributed by atoms with E-state index in [-0.39, 0.29) is 22.0 Å². The normalized spacial score (nSPS) is 9.47. The van der Waals surface area contributed by atoms with E-state index in [0.29, 0.717) is 5.56 Å². The van der Waals surface area contributed by atoms with E-state index in [9.17, 15) is 4.79 Å². The van der Waals surface area contributed by atoms with Crippen LogP contribution in [0, 0.1) is 11.3 Å². The van der Waals surface area contributed by atoms with Crippen molar-refractivity contribution in [2.24, 2.45) is 0 Å². The standard InChI is InChI=1S/C10H7Cl2NO2/c1-15-9(14)4-6-2-3-8(11)7(5-13)10(6)12/h2-3H,4H2,1H3. The Bertz CT molecular complexity index is 438. The second kappa shape index (κ2) is 5.01. The van der Waals surface area contributed by atoms with Gasteiger partial charge in [0.2, 0.25) is 0 Å². The van der Waals surface area contributed by atoms with Gasteiger partial charge in [-0.25, -0.2) is 0 Å². The van der Waals surface area contributed by atoms with Crippen molar-refractivity contribution in [3.63, 3.8) is 0 Å². The van der Waals surface area contributed by atoms with Gasteiger partial charge in [0.1, 0.15) is 6.07 Å². The van der Waals surface area contributed by atoms with Crippen molar-refractivity contribution in [3.05, 3.63) is 33.3 Å². The van der Waals surface area contributed by atoms with Gasteiger partial charge in [0, 0.05) is 0 Å². The summed E-state index contributed by atoms with van der Waals surface area (Å²) in [7, 11) is 1.29. The number of methoxy groups -OCH3 is 1. The van der Waals surface area contributed by atoms with Crippen LogP contribution in [0.1, 0.15) is 11.1 Å². The van der Waals surface area contributed by atoms with E-state index in [4.69, 9.17) is 28.5 Å². The molecule has 0 aliphatic rings. The lowest BCUT2D eigenvalue weighted by Crippen LogP contribution is -2.05. The van der Waals surface area contributed by atoms with Crippen molar-refractivity contribution in [2.45, 2.75) is 6.42 Å². The summed E-state index contributed by atoms with van der Waals surface area (Å²) in [4.78, 5) is 11.0. The molecule has 0 saturated heterocycles.